The molecular formula is C18H29N3. The first-order valence-electron chi connectivity index (χ1n) is 8.62. The van der Waals surface area contributed by atoms with Gasteiger partial charge in [0.25, 0.3) is 0 Å². The van der Waals surface area contributed by atoms with Gasteiger partial charge in [-0.2, -0.15) is 0 Å². The first-order chi connectivity index (χ1) is 10.4. The van der Waals surface area contributed by atoms with E-state index < -0.39 is 0 Å². The van der Waals surface area contributed by atoms with Gasteiger partial charge in [0.2, 0.25) is 0 Å². The predicted octanol–water partition coefficient (Wildman–Crippen LogP) is 2.34. The zero-order valence-electron chi connectivity index (χ0n) is 13.1. The fourth-order valence-corrected chi connectivity index (χ4v) is 3.64. The fourth-order valence-electron chi connectivity index (χ4n) is 3.64. The second-order valence-corrected chi connectivity index (χ2v) is 6.56. The number of hydrogen-bond donors (Lipinski definition) is 1. The molecule has 1 unspecified atom stereocenters. The lowest BCUT2D eigenvalue weighted by molar-refractivity contribution is 0.180. The van der Waals surface area contributed by atoms with E-state index in [-0.39, 0.29) is 0 Å². The van der Waals surface area contributed by atoms with Crippen molar-refractivity contribution in [2.45, 2.75) is 38.3 Å². The van der Waals surface area contributed by atoms with Crippen molar-refractivity contribution >= 4 is 0 Å². The van der Waals surface area contributed by atoms with E-state index in [1.54, 1.807) is 0 Å². The van der Waals surface area contributed by atoms with Crippen molar-refractivity contribution in [3.05, 3.63) is 35.9 Å². The molecule has 1 aromatic carbocycles. The summed E-state index contributed by atoms with van der Waals surface area (Å²) in [6.07, 6.45) is 5.46. The molecule has 0 aromatic heterocycles. The number of benzene rings is 1. The summed E-state index contributed by atoms with van der Waals surface area (Å²) in [5.41, 5.74) is 1.44. The van der Waals surface area contributed by atoms with E-state index in [0.717, 1.165) is 13.1 Å². The largest absolute Gasteiger partial charge is 0.311 e. The van der Waals surface area contributed by atoms with Crippen LogP contribution in [0.15, 0.2) is 30.3 Å². The van der Waals surface area contributed by atoms with Gasteiger partial charge in [0.05, 0.1) is 0 Å². The summed E-state index contributed by atoms with van der Waals surface area (Å²) in [6, 6.07) is 11.6. The molecule has 0 amide bonds. The molecular weight excluding hydrogens is 258 g/mol. The maximum absolute atomic E-state index is 3.78. The number of rotatable bonds is 6. The van der Waals surface area contributed by atoms with Crippen molar-refractivity contribution in [1.82, 2.24) is 15.1 Å². The third-order valence-electron chi connectivity index (χ3n) is 4.81. The SMILES string of the molecule is c1ccc(CN2CCCC(NCCN3CCCC3)C2)cc1. The first-order valence-corrected chi connectivity index (χ1v) is 8.62. The minimum atomic E-state index is 0.685. The zero-order valence-corrected chi connectivity index (χ0v) is 13.1. The van der Waals surface area contributed by atoms with Crippen molar-refractivity contribution in [1.29, 1.82) is 0 Å². The molecule has 3 heteroatoms. The highest BCUT2D eigenvalue weighted by Gasteiger charge is 2.19. The quantitative estimate of drug-likeness (QED) is 0.866. The van der Waals surface area contributed by atoms with Gasteiger partial charge in [-0.05, 0) is 50.9 Å². The Balaban J connectivity index is 1.38. The van der Waals surface area contributed by atoms with Crippen molar-refractivity contribution in [3.8, 4) is 0 Å². The molecule has 2 aliphatic rings. The molecule has 0 aliphatic carbocycles. The van der Waals surface area contributed by atoms with E-state index in [0.29, 0.717) is 6.04 Å². The Kier molecular flexibility index (Phi) is 5.67. The molecule has 1 aromatic rings. The van der Waals surface area contributed by atoms with Crippen LogP contribution in [0.4, 0.5) is 0 Å². The molecule has 3 rings (SSSR count). The predicted molar refractivity (Wildman–Crippen MR) is 88.4 cm³/mol. The molecule has 0 spiro atoms. The topological polar surface area (TPSA) is 18.5 Å². The third-order valence-corrected chi connectivity index (χ3v) is 4.81. The minimum Gasteiger partial charge on any atom is -0.311 e. The van der Waals surface area contributed by atoms with Crippen LogP contribution in [0, 0.1) is 0 Å². The van der Waals surface area contributed by atoms with Gasteiger partial charge in [0.15, 0.2) is 0 Å². The first kappa shape index (κ1) is 15.0. The van der Waals surface area contributed by atoms with Crippen molar-refractivity contribution < 1.29 is 0 Å². The van der Waals surface area contributed by atoms with Crippen LogP contribution in [0.1, 0.15) is 31.2 Å². The summed E-state index contributed by atoms with van der Waals surface area (Å²) < 4.78 is 0. The van der Waals surface area contributed by atoms with Crippen LogP contribution in [0.5, 0.6) is 0 Å². The maximum Gasteiger partial charge on any atom is 0.0234 e. The lowest BCUT2D eigenvalue weighted by Gasteiger charge is -2.33. The molecule has 2 aliphatic heterocycles. The molecule has 1 atom stereocenters. The van der Waals surface area contributed by atoms with Gasteiger partial charge < -0.3 is 10.2 Å². The molecule has 0 bridgehead atoms. The molecule has 2 heterocycles. The lowest BCUT2D eigenvalue weighted by Crippen LogP contribution is -2.47. The molecule has 116 valence electrons. The van der Waals surface area contributed by atoms with E-state index in [9.17, 15) is 0 Å². The second-order valence-electron chi connectivity index (χ2n) is 6.56. The highest BCUT2D eigenvalue weighted by molar-refractivity contribution is 5.14. The normalized spacial score (nSPS) is 24.5. The fraction of sp³-hybridized carbons (Fsp3) is 0.667. The number of piperidine rings is 1. The minimum absolute atomic E-state index is 0.685. The lowest BCUT2D eigenvalue weighted by atomic mass is 10.0. The molecule has 0 saturated carbocycles. The van der Waals surface area contributed by atoms with Gasteiger partial charge in [-0.1, -0.05) is 30.3 Å². The van der Waals surface area contributed by atoms with Crippen LogP contribution >= 0.6 is 0 Å². The Morgan fingerprint density at radius 3 is 2.52 bits per heavy atom. The van der Waals surface area contributed by atoms with E-state index >= 15 is 0 Å². The van der Waals surface area contributed by atoms with Crippen LogP contribution in [0.3, 0.4) is 0 Å². The van der Waals surface area contributed by atoms with E-state index in [4.69, 9.17) is 0 Å². The van der Waals surface area contributed by atoms with Crippen molar-refractivity contribution in [2.75, 3.05) is 39.3 Å². The van der Waals surface area contributed by atoms with Gasteiger partial charge in [-0.15, -0.1) is 0 Å². The average molecular weight is 287 g/mol. The Bertz CT molecular complexity index is 400. The third kappa shape index (κ3) is 4.80. The highest BCUT2D eigenvalue weighted by Crippen LogP contribution is 2.14. The van der Waals surface area contributed by atoms with Crippen LogP contribution in [0.2, 0.25) is 0 Å². The standard InChI is InChI=1S/C18H29N3/c1-2-7-17(8-3-1)15-21-13-6-9-18(16-21)19-10-14-20-11-4-5-12-20/h1-3,7-8,18-19H,4-6,9-16H2. The summed E-state index contributed by atoms with van der Waals surface area (Å²) in [5, 5.41) is 3.78. The second kappa shape index (κ2) is 7.92. The summed E-state index contributed by atoms with van der Waals surface area (Å²) in [7, 11) is 0. The molecule has 0 radical (unpaired) electrons. The number of nitrogens with zero attached hydrogens (tertiary/aromatic N) is 2. The van der Waals surface area contributed by atoms with Crippen LogP contribution in [-0.2, 0) is 6.54 Å². The Labute approximate surface area is 129 Å². The monoisotopic (exact) mass is 287 g/mol. The van der Waals surface area contributed by atoms with Gasteiger partial charge in [0.1, 0.15) is 0 Å². The Hall–Kier alpha value is -0.900. The van der Waals surface area contributed by atoms with Crippen molar-refractivity contribution in [2.24, 2.45) is 0 Å². The Morgan fingerprint density at radius 1 is 0.952 bits per heavy atom. The van der Waals surface area contributed by atoms with E-state index in [1.165, 1.54) is 64.0 Å². The summed E-state index contributed by atoms with van der Waals surface area (Å²) in [5.74, 6) is 0. The number of hydrogen-bond acceptors (Lipinski definition) is 3. The Morgan fingerprint density at radius 2 is 1.71 bits per heavy atom. The number of nitrogens with one attached hydrogen (secondary N) is 1. The molecule has 21 heavy (non-hydrogen) atoms. The summed E-state index contributed by atoms with van der Waals surface area (Å²) in [4.78, 5) is 5.20. The summed E-state index contributed by atoms with van der Waals surface area (Å²) in [6.45, 7) is 8.57. The molecule has 2 fully saturated rings. The molecule has 3 nitrogen and oxygen atoms in total. The van der Waals surface area contributed by atoms with Gasteiger partial charge in [-0.25, -0.2) is 0 Å². The summed E-state index contributed by atoms with van der Waals surface area (Å²) >= 11 is 0. The van der Waals surface area contributed by atoms with Gasteiger partial charge in [0, 0.05) is 32.2 Å². The average Bonchev–Trinajstić information content (AvgIpc) is 3.02. The smallest absolute Gasteiger partial charge is 0.0234 e. The van der Waals surface area contributed by atoms with Crippen LogP contribution in [-0.4, -0.2) is 55.1 Å². The van der Waals surface area contributed by atoms with E-state index in [2.05, 4.69) is 45.4 Å². The van der Waals surface area contributed by atoms with Crippen molar-refractivity contribution in [3.63, 3.8) is 0 Å². The zero-order chi connectivity index (χ0) is 14.3. The van der Waals surface area contributed by atoms with E-state index in [1.807, 2.05) is 0 Å². The van der Waals surface area contributed by atoms with Crippen LogP contribution < -0.4 is 5.32 Å². The molecule has 2 saturated heterocycles. The molecule has 1 N–H and O–H groups in total. The van der Waals surface area contributed by atoms with Gasteiger partial charge >= 0.3 is 0 Å². The van der Waals surface area contributed by atoms with Crippen LogP contribution in [0.25, 0.3) is 0 Å². The number of likely N-dealkylation sites (tertiary alicyclic amines) is 2. The maximum atomic E-state index is 3.78. The van der Waals surface area contributed by atoms with Gasteiger partial charge in [-0.3, -0.25) is 4.90 Å². The highest BCUT2D eigenvalue weighted by atomic mass is 15.2.